The number of halogens is 4. The fourth-order valence-electron chi connectivity index (χ4n) is 1.52. The summed E-state index contributed by atoms with van der Waals surface area (Å²) in [5.41, 5.74) is -5.72. The van der Waals surface area contributed by atoms with Crippen molar-refractivity contribution in [3.05, 3.63) is 24.0 Å². The van der Waals surface area contributed by atoms with Gasteiger partial charge >= 0.3 is 5.51 Å². The van der Waals surface area contributed by atoms with E-state index in [1.807, 2.05) is 13.2 Å². The number of alkyl halides is 3. The van der Waals surface area contributed by atoms with Crippen LogP contribution in [0, 0.1) is 5.82 Å². The Hall–Kier alpha value is -0.960. The molecule has 3 nitrogen and oxygen atoms in total. The molecule has 21 heavy (non-hydrogen) atoms. The molecule has 0 aromatic heterocycles. The molecule has 1 unspecified atom stereocenters. The van der Waals surface area contributed by atoms with Crippen LogP contribution < -0.4 is 5.32 Å². The number of hydrogen-bond donors (Lipinski definition) is 1. The molecule has 1 aromatic carbocycles. The molecule has 0 saturated carbocycles. The van der Waals surface area contributed by atoms with E-state index in [1.54, 1.807) is 11.8 Å². The van der Waals surface area contributed by atoms with Crippen LogP contribution in [-0.4, -0.2) is 32.0 Å². The molecular formula is C12H15F4NO2S2. The van der Waals surface area contributed by atoms with E-state index in [-0.39, 0.29) is 17.5 Å². The van der Waals surface area contributed by atoms with Crippen LogP contribution in [0.2, 0.25) is 0 Å². The van der Waals surface area contributed by atoms with Crippen molar-refractivity contribution in [2.45, 2.75) is 29.0 Å². The highest BCUT2D eigenvalue weighted by Crippen LogP contribution is 2.34. The maximum atomic E-state index is 13.1. The average Bonchev–Trinajstić information content (AvgIpc) is 2.38. The van der Waals surface area contributed by atoms with Crippen LogP contribution in [0.25, 0.3) is 0 Å². The van der Waals surface area contributed by atoms with Crippen LogP contribution >= 0.6 is 11.8 Å². The third kappa shape index (κ3) is 4.50. The van der Waals surface area contributed by atoms with Gasteiger partial charge in [0, 0.05) is 11.8 Å². The number of hydrogen-bond acceptors (Lipinski definition) is 4. The summed E-state index contributed by atoms with van der Waals surface area (Å²) in [6.07, 6.45) is 2.52. The van der Waals surface area contributed by atoms with E-state index < -0.39 is 26.1 Å². The van der Waals surface area contributed by atoms with Crippen molar-refractivity contribution in [1.82, 2.24) is 0 Å². The van der Waals surface area contributed by atoms with Crippen LogP contribution in [0.3, 0.4) is 0 Å². The Balaban J connectivity index is 3.07. The first-order valence-electron chi connectivity index (χ1n) is 5.97. The number of anilines is 1. The van der Waals surface area contributed by atoms with Gasteiger partial charge in [0.25, 0.3) is 9.84 Å². The molecule has 0 heterocycles. The van der Waals surface area contributed by atoms with Gasteiger partial charge in [0.1, 0.15) is 10.7 Å². The van der Waals surface area contributed by atoms with E-state index in [9.17, 15) is 26.0 Å². The van der Waals surface area contributed by atoms with Gasteiger partial charge in [0.2, 0.25) is 0 Å². The zero-order valence-corrected chi connectivity index (χ0v) is 13.0. The Kier molecular flexibility index (Phi) is 5.92. The van der Waals surface area contributed by atoms with Crippen LogP contribution in [0.5, 0.6) is 0 Å². The molecule has 0 aliphatic carbocycles. The minimum atomic E-state index is -5.59. The molecule has 1 N–H and O–H groups in total. The summed E-state index contributed by atoms with van der Waals surface area (Å²) >= 11 is 1.58. The number of thioether (sulfide) groups is 1. The van der Waals surface area contributed by atoms with Crippen molar-refractivity contribution in [2.75, 3.05) is 18.1 Å². The standard InChI is InChI=1S/C12H15F4NO2S2/c1-8(20-2)5-6-17-10-4-3-9(13)7-11(10)21(18,19)12(14,15)16/h3-4,7-8,17H,5-6H2,1-2H3. The number of nitrogens with one attached hydrogen (secondary N) is 1. The van der Waals surface area contributed by atoms with Crippen molar-refractivity contribution < 1.29 is 26.0 Å². The summed E-state index contributed by atoms with van der Waals surface area (Å²) in [7, 11) is -5.59. The van der Waals surface area contributed by atoms with E-state index in [0.29, 0.717) is 12.5 Å². The van der Waals surface area contributed by atoms with Gasteiger partial charge in [0.05, 0.1) is 5.69 Å². The van der Waals surface area contributed by atoms with Crippen LogP contribution in [0.15, 0.2) is 23.1 Å². The second-order valence-electron chi connectivity index (χ2n) is 4.35. The SMILES string of the molecule is CSC(C)CCNc1ccc(F)cc1S(=O)(=O)C(F)(F)F. The lowest BCUT2D eigenvalue weighted by Crippen LogP contribution is -2.24. The van der Waals surface area contributed by atoms with Crippen LogP contribution in [-0.2, 0) is 9.84 Å². The summed E-state index contributed by atoms with van der Waals surface area (Å²) < 4.78 is 73.8. The Morgan fingerprint density at radius 1 is 1.33 bits per heavy atom. The van der Waals surface area contributed by atoms with E-state index in [2.05, 4.69) is 5.32 Å². The fourth-order valence-corrected chi connectivity index (χ4v) is 2.82. The molecular weight excluding hydrogens is 330 g/mol. The fraction of sp³-hybridized carbons (Fsp3) is 0.500. The summed E-state index contributed by atoms with van der Waals surface area (Å²) in [4.78, 5) is -1.09. The molecule has 1 atom stereocenters. The molecule has 0 bridgehead atoms. The maximum absolute atomic E-state index is 13.1. The summed E-state index contributed by atoms with van der Waals surface area (Å²) in [6.45, 7) is 2.22. The van der Waals surface area contributed by atoms with Gasteiger partial charge in [-0.1, -0.05) is 6.92 Å². The molecule has 1 aromatic rings. The molecule has 1 rings (SSSR count). The molecule has 0 amide bonds. The monoisotopic (exact) mass is 345 g/mol. The largest absolute Gasteiger partial charge is 0.501 e. The smallest absolute Gasteiger partial charge is 0.384 e. The summed E-state index contributed by atoms with van der Waals surface area (Å²) in [5, 5.41) is 2.89. The second kappa shape index (κ2) is 6.87. The highest BCUT2D eigenvalue weighted by molar-refractivity contribution is 7.99. The maximum Gasteiger partial charge on any atom is 0.501 e. The third-order valence-corrected chi connectivity index (χ3v) is 5.37. The van der Waals surface area contributed by atoms with Gasteiger partial charge in [0.15, 0.2) is 0 Å². The van der Waals surface area contributed by atoms with E-state index in [0.717, 1.165) is 12.1 Å². The first-order valence-corrected chi connectivity index (χ1v) is 8.74. The van der Waals surface area contributed by atoms with Gasteiger partial charge in [-0.3, -0.25) is 0 Å². The minimum absolute atomic E-state index is 0.248. The topological polar surface area (TPSA) is 46.2 Å². The van der Waals surface area contributed by atoms with Crippen molar-refractivity contribution >= 4 is 27.3 Å². The first-order chi connectivity index (χ1) is 9.59. The van der Waals surface area contributed by atoms with Crippen LogP contribution in [0.4, 0.5) is 23.2 Å². The Morgan fingerprint density at radius 3 is 2.48 bits per heavy atom. The molecule has 120 valence electrons. The van der Waals surface area contributed by atoms with E-state index in [4.69, 9.17) is 0 Å². The number of rotatable bonds is 6. The molecule has 0 radical (unpaired) electrons. The molecule has 0 spiro atoms. The summed E-state index contributed by atoms with van der Waals surface area (Å²) in [5.74, 6) is -1.04. The van der Waals surface area contributed by atoms with Crippen molar-refractivity contribution in [1.29, 1.82) is 0 Å². The van der Waals surface area contributed by atoms with E-state index >= 15 is 0 Å². The third-order valence-electron chi connectivity index (χ3n) is 2.81. The Labute approximate surface area is 125 Å². The molecule has 0 aliphatic heterocycles. The molecule has 0 aliphatic rings. The summed E-state index contributed by atoms with van der Waals surface area (Å²) in [6, 6.07) is 2.29. The number of sulfone groups is 1. The lowest BCUT2D eigenvalue weighted by molar-refractivity contribution is -0.0435. The van der Waals surface area contributed by atoms with Crippen LogP contribution in [0.1, 0.15) is 13.3 Å². The van der Waals surface area contributed by atoms with Gasteiger partial charge < -0.3 is 5.32 Å². The number of benzene rings is 1. The van der Waals surface area contributed by atoms with Crippen molar-refractivity contribution in [2.24, 2.45) is 0 Å². The highest BCUT2D eigenvalue weighted by Gasteiger charge is 2.48. The lowest BCUT2D eigenvalue weighted by atomic mass is 10.3. The van der Waals surface area contributed by atoms with Gasteiger partial charge in [-0.25, -0.2) is 12.8 Å². The zero-order valence-electron chi connectivity index (χ0n) is 11.4. The van der Waals surface area contributed by atoms with E-state index in [1.165, 1.54) is 0 Å². The Morgan fingerprint density at radius 2 is 1.95 bits per heavy atom. The zero-order chi connectivity index (χ0) is 16.3. The Bertz CT molecular complexity index is 587. The van der Waals surface area contributed by atoms with Gasteiger partial charge in [-0.05, 0) is 30.9 Å². The van der Waals surface area contributed by atoms with Crippen molar-refractivity contribution in [3.8, 4) is 0 Å². The molecule has 0 fully saturated rings. The highest BCUT2D eigenvalue weighted by atomic mass is 32.2. The second-order valence-corrected chi connectivity index (χ2v) is 7.54. The predicted molar refractivity (Wildman–Crippen MR) is 75.7 cm³/mol. The molecule has 9 heteroatoms. The normalized spacial score (nSPS) is 14.0. The average molecular weight is 345 g/mol. The first kappa shape index (κ1) is 18.1. The van der Waals surface area contributed by atoms with Crippen molar-refractivity contribution in [3.63, 3.8) is 0 Å². The molecule has 0 saturated heterocycles. The van der Waals surface area contributed by atoms with Gasteiger partial charge in [-0.15, -0.1) is 0 Å². The predicted octanol–water partition coefficient (Wildman–Crippen LogP) is 3.67. The minimum Gasteiger partial charge on any atom is -0.384 e. The quantitative estimate of drug-likeness (QED) is 0.799. The van der Waals surface area contributed by atoms with Gasteiger partial charge in [-0.2, -0.15) is 24.9 Å². The lowest BCUT2D eigenvalue weighted by Gasteiger charge is -2.15.